The molecule has 0 N–H and O–H groups in total. The fourth-order valence-corrected chi connectivity index (χ4v) is 5.11. The first-order chi connectivity index (χ1) is 16.2. The van der Waals surface area contributed by atoms with Crippen molar-refractivity contribution in [1.82, 2.24) is 9.88 Å². The van der Waals surface area contributed by atoms with Crippen molar-refractivity contribution in [2.24, 2.45) is 0 Å². The Labute approximate surface area is 195 Å². The van der Waals surface area contributed by atoms with E-state index in [-0.39, 0.29) is 11.3 Å². The van der Waals surface area contributed by atoms with Crippen LogP contribution < -0.4 is 10.5 Å². The maximum Gasteiger partial charge on any atom is 0.301 e. The van der Waals surface area contributed by atoms with Gasteiger partial charge in [0.2, 0.25) is 0 Å². The molecule has 8 nitrogen and oxygen atoms in total. The van der Waals surface area contributed by atoms with E-state index < -0.39 is 0 Å². The van der Waals surface area contributed by atoms with Gasteiger partial charge in [-0.1, -0.05) is 18.2 Å². The normalized spacial score (nSPS) is 17.5. The lowest BCUT2D eigenvalue weighted by molar-refractivity contribution is 0.0371. The highest BCUT2D eigenvalue weighted by molar-refractivity contribution is 7.17. The number of rotatable bonds is 7. The van der Waals surface area contributed by atoms with E-state index in [1.807, 2.05) is 34.5 Å². The second kappa shape index (κ2) is 10.1. The zero-order valence-electron chi connectivity index (χ0n) is 18.5. The van der Waals surface area contributed by atoms with E-state index in [1.54, 1.807) is 0 Å². The van der Waals surface area contributed by atoms with Gasteiger partial charge in [-0.2, -0.15) is 4.98 Å². The number of nitrogens with zero attached hydrogens (tertiary/aromatic N) is 3. The molecular formula is C24H27N3O5S. The zero-order valence-corrected chi connectivity index (χ0v) is 19.3. The molecule has 3 aromatic rings. The van der Waals surface area contributed by atoms with Crippen LogP contribution in [0.3, 0.4) is 0 Å². The molecule has 5 rings (SSSR count). The highest BCUT2D eigenvalue weighted by Crippen LogP contribution is 2.34. The zero-order chi connectivity index (χ0) is 22.6. The lowest BCUT2D eigenvalue weighted by Gasteiger charge is -2.26. The van der Waals surface area contributed by atoms with Gasteiger partial charge in [-0.3, -0.25) is 14.5 Å². The summed E-state index contributed by atoms with van der Waals surface area (Å²) in [5, 5.41) is 1.91. The number of fused-ring (bicyclic) bond motifs is 1. The van der Waals surface area contributed by atoms with E-state index in [0.29, 0.717) is 54.6 Å². The van der Waals surface area contributed by atoms with Crippen molar-refractivity contribution < 1.29 is 18.7 Å². The molecule has 0 atom stereocenters. The average Bonchev–Trinajstić information content (AvgIpc) is 3.30. The Kier molecular flexibility index (Phi) is 6.82. The number of ether oxygens (including phenoxy) is 2. The maximum atomic E-state index is 12.8. The van der Waals surface area contributed by atoms with E-state index in [0.717, 1.165) is 50.4 Å². The van der Waals surface area contributed by atoms with E-state index >= 15 is 0 Å². The van der Waals surface area contributed by atoms with Gasteiger partial charge >= 0.3 is 6.01 Å². The van der Waals surface area contributed by atoms with Gasteiger partial charge in [0, 0.05) is 49.1 Å². The van der Waals surface area contributed by atoms with E-state index in [1.165, 1.54) is 11.3 Å². The highest BCUT2D eigenvalue weighted by Gasteiger charge is 2.20. The molecule has 1 aromatic carbocycles. The summed E-state index contributed by atoms with van der Waals surface area (Å²) < 4.78 is 17.4. The molecule has 0 spiro atoms. The summed E-state index contributed by atoms with van der Waals surface area (Å²) in [4.78, 5) is 33.9. The van der Waals surface area contributed by atoms with Crippen LogP contribution in [0, 0.1) is 0 Å². The van der Waals surface area contributed by atoms with Gasteiger partial charge in [-0.05, 0) is 24.6 Å². The first-order valence-corrected chi connectivity index (χ1v) is 12.3. The standard InChI is InChI=1S/C24H27N3O5S/c28-20(5-2-6-26-7-11-30-12-8-26)18-4-1-3-17(15-18)19-16-33-22-21(19)32-24(25-23(22)29)27-9-13-31-14-10-27/h1,3-4,15-16H,2,5-14H2. The molecule has 2 aromatic heterocycles. The number of thiophene rings is 1. The van der Waals surface area contributed by atoms with Crippen LogP contribution in [0.25, 0.3) is 21.4 Å². The highest BCUT2D eigenvalue weighted by atomic mass is 32.1. The molecular weight excluding hydrogens is 442 g/mol. The molecule has 0 amide bonds. The first kappa shape index (κ1) is 22.2. The third-order valence-electron chi connectivity index (χ3n) is 6.09. The monoisotopic (exact) mass is 469 g/mol. The molecule has 0 radical (unpaired) electrons. The summed E-state index contributed by atoms with van der Waals surface area (Å²) in [6.07, 6.45) is 1.33. The maximum absolute atomic E-state index is 12.8. The Morgan fingerprint density at radius 3 is 2.61 bits per heavy atom. The van der Waals surface area contributed by atoms with Crippen LogP contribution in [-0.2, 0) is 9.47 Å². The molecule has 33 heavy (non-hydrogen) atoms. The predicted molar refractivity (Wildman–Crippen MR) is 127 cm³/mol. The summed E-state index contributed by atoms with van der Waals surface area (Å²) >= 11 is 1.32. The Morgan fingerprint density at radius 2 is 1.82 bits per heavy atom. The molecule has 0 bridgehead atoms. The molecule has 2 aliphatic heterocycles. The lowest BCUT2D eigenvalue weighted by Crippen LogP contribution is -2.37. The van der Waals surface area contributed by atoms with Crippen molar-refractivity contribution in [3.05, 3.63) is 45.6 Å². The van der Waals surface area contributed by atoms with Crippen molar-refractivity contribution in [3.8, 4) is 11.1 Å². The fraction of sp³-hybridized carbons (Fsp3) is 0.458. The smallest absolute Gasteiger partial charge is 0.301 e. The predicted octanol–water partition coefficient (Wildman–Crippen LogP) is 3.05. The molecule has 174 valence electrons. The third-order valence-corrected chi connectivity index (χ3v) is 7.04. The first-order valence-electron chi connectivity index (χ1n) is 11.4. The average molecular weight is 470 g/mol. The molecule has 4 heterocycles. The Balaban J connectivity index is 1.35. The van der Waals surface area contributed by atoms with Crippen molar-refractivity contribution in [2.75, 3.05) is 64.1 Å². The van der Waals surface area contributed by atoms with Crippen LogP contribution in [0.4, 0.5) is 6.01 Å². The van der Waals surface area contributed by atoms with Crippen molar-refractivity contribution in [1.29, 1.82) is 0 Å². The Bertz CT molecular complexity index is 1180. The second-order valence-corrected chi connectivity index (χ2v) is 9.15. The van der Waals surface area contributed by atoms with Gasteiger partial charge in [0.05, 0.1) is 26.4 Å². The number of Topliss-reactive ketones (excluding diaryl/α,β-unsaturated/α-hetero) is 1. The fourth-order valence-electron chi connectivity index (χ4n) is 4.23. The Morgan fingerprint density at radius 1 is 1.06 bits per heavy atom. The number of ketones is 1. The molecule has 2 saturated heterocycles. The minimum absolute atomic E-state index is 0.127. The molecule has 9 heteroatoms. The molecule has 2 fully saturated rings. The van der Waals surface area contributed by atoms with E-state index in [4.69, 9.17) is 13.9 Å². The van der Waals surface area contributed by atoms with Gasteiger partial charge in [-0.25, -0.2) is 0 Å². The van der Waals surface area contributed by atoms with Crippen LogP contribution in [0.5, 0.6) is 0 Å². The van der Waals surface area contributed by atoms with Crippen LogP contribution in [0.2, 0.25) is 0 Å². The van der Waals surface area contributed by atoms with Crippen LogP contribution in [0.15, 0.2) is 38.9 Å². The van der Waals surface area contributed by atoms with Gasteiger partial charge in [-0.15, -0.1) is 11.3 Å². The van der Waals surface area contributed by atoms with Crippen LogP contribution in [0.1, 0.15) is 23.2 Å². The number of hydrogen-bond donors (Lipinski definition) is 0. The largest absolute Gasteiger partial charge is 0.423 e. The second-order valence-electron chi connectivity index (χ2n) is 8.27. The number of carbonyl (C=O) groups excluding carboxylic acids is 1. The number of aromatic nitrogens is 1. The number of benzene rings is 1. The number of anilines is 1. The topological polar surface area (TPSA) is 85.1 Å². The van der Waals surface area contributed by atoms with Crippen molar-refractivity contribution >= 4 is 33.4 Å². The van der Waals surface area contributed by atoms with E-state index in [2.05, 4.69) is 9.88 Å². The summed E-state index contributed by atoms with van der Waals surface area (Å²) in [7, 11) is 0. The quantitative estimate of drug-likeness (QED) is 0.488. The van der Waals surface area contributed by atoms with Gasteiger partial charge < -0.3 is 18.8 Å². The third kappa shape index (κ3) is 5.01. The van der Waals surface area contributed by atoms with Gasteiger partial charge in [0.15, 0.2) is 11.4 Å². The number of morpholine rings is 2. The summed E-state index contributed by atoms with van der Waals surface area (Å²) in [5.41, 5.74) is 2.59. The van der Waals surface area contributed by atoms with Crippen molar-refractivity contribution in [3.63, 3.8) is 0 Å². The number of hydrogen-bond acceptors (Lipinski definition) is 9. The molecule has 0 aliphatic carbocycles. The van der Waals surface area contributed by atoms with Gasteiger partial charge in [0.25, 0.3) is 5.56 Å². The van der Waals surface area contributed by atoms with Crippen LogP contribution >= 0.6 is 11.3 Å². The SMILES string of the molecule is O=C(CCCN1CCOCC1)c1cccc(-c2csc3c(=O)nc(N4CCOCC4)oc23)c1. The summed E-state index contributed by atoms with van der Waals surface area (Å²) in [6, 6.07) is 7.90. The molecule has 2 aliphatic rings. The number of carbonyl (C=O) groups is 1. The summed E-state index contributed by atoms with van der Waals surface area (Å²) in [5.74, 6) is 0.127. The minimum atomic E-state index is -0.288. The van der Waals surface area contributed by atoms with Crippen LogP contribution in [-0.4, -0.2) is 74.8 Å². The lowest BCUT2D eigenvalue weighted by atomic mass is 10.0. The minimum Gasteiger partial charge on any atom is -0.423 e. The van der Waals surface area contributed by atoms with Crippen molar-refractivity contribution in [2.45, 2.75) is 12.8 Å². The Hall–Kier alpha value is -2.59. The molecule has 0 unspecified atom stereocenters. The molecule has 0 saturated carbocycles. The van der Waals surface area contributed by atoms with E-state index in [9.17, 15) is 9.59 Å². The summed E-state index contributed by atoms with van der Waals surface area (Å²) in [6.45, 7) is 6.73. The van der Waals surface area contributed by atoms with Gasteiger partial charge in [0.1, 0.15) is 4.70 Å².